The van der Waals surface area contributed by atoms with Gasteiger partial charge in [0, 0.05) is 24.4 Å². The Bertz CT molecular complexity index is 1450. The molecule has 3 aromatic rings. The van der Waals surface area contributed by atoms with Crippen LogP contribution in [0.1, 0.15) is 23.1 Å². The summed E-state index contributed by atoms with van der Waals surface area (Å²) < 4.78 is 17.1. The number of nitrogens with one attached hydrogen (secondary N) is 1. The van der Waals surface area contributed by atoms with Crippen LogP contribution in [0.3, 0.4) is 0 Å². The van der Waals surface area contributed by atoms with Crippen molar-refractivity contribution in [2.45, 2.75) is 13.3 Å². The lowest BCUT2D eigenvalue weighted by molar-refractivity contribution is -0.114. The van der Waals surface area contributed by atoms with Gasteiger partial charge in [0.2, 0.25) is 5.17 Å². The number of aryl methyl sites for hydroxylation is 1. The second-order valence-electron chi connectivity index (χ2n) is 8.44. The largest absolute Gasteiger partial charge is 0.493 e. The van der Waals surface area contributed by atoms with Crippen molar-refractivity contribution < 1.29 is 19.0 Å². The highest BCUT2D eigenvalue weighted by Gasteiger charge is 2.36. The Kier molecular flexibility index (Phi) is 7.50. The molecule has 5 rings (SSSR count). The number of pyridine rings is 1. The molecule has 0 radical (unpaired) electrons. The number of carbonyl (C=O) groups is 1. The third-order valence-corrected chi connectivity index (χ3v) is 6.66. The number of methoxy groups -OCH3 is 1. The van der Waals surface area contributed by atoms with Crippen LogP contribution >= 0.6 is 11.8 Å². The lowest BCUT2D eigenvalue weighted by atomic mass is 10.1. The number of thioether (sulfide) groups is 1. The fourth-order valence-corrected chi connectivity index (χ4v) is 4.60. The summed E-state index contributed by atoms with van der Waals surface area (Å²) in [7, 11) is 1.56. The van der Waals surface area contributed by atoms with E-state index in [1.807, 2.05) is 37.3 Å². The highest BCUT2D eigenvalue weighted by atomic mass is 32.2. The first-order chi connectivity index (χ1) is 18.5. The molecule has 1 aromatic heterocycles. The molecule has 2 aliphatic rings. The third-order valence-electron chi connectivity index (χ3n) is 5.70. The zero-order valence-electron chi connectivity index (χ0n) is 20.9. The minimum absolute atomic E-state index is 0.0424. The van der Waals surface area contributed by atoms with Crippen LogP contribution in [0.2, 0.25) is 0 Å². The number of hydrogen-bond donors (Lipinski definition) is 1. The van der Waals surface area contributed by atoms with Gasteiger partial charge in [-0.15, -0.1) is 0 Å². The zero-order chi connectivity index (χ0) is 26.5. The van der Waals surface area contributed by atoms with Gasteiger partial charge in [-0.05, 0) is 66.7 Å². The maximum Gasteiger partial charge on any atom is 0.283 e. The van der Waals surface area contributed by atoms with Crippen LogP contribution in [0, 0.1) is 12.3 Å². The number of benzene rings is 2. The van der Waals surface area contributed by atoms with Gasteiger partial charge in [-0.3, -0.25) is 15.2 Å². The van der Waals surface area contributed by atoms with E-state index in [0.717, 1.165) is 11.3 Å². The zero-order valence-corrected chi connectivity index (χ0v) is 21.7. The molecule has 2 aliphatic heterocycles. The molecule has 0 aliphatic carbocycles. The van der Waals surface area contributed by atoms with Gasteiger partial charge in [0.05, 0.1) is 25.9 Å². The summed E-state index contributed by atoms with van der Waals surface area (Å²) in [5.41, 5.74) is 2.79. The van der Waals surface area contributed by atoms with Gasteiger partial charge in [-0.25, -0.2) is 0 Å². The Morgan fingerprint density at radius 1 is 1.05 bits per heavy atom. The molecular formula is C28H25N5O4S. The van der Waals surface area contributed by atoms with E-state index < -0.39 is 5.91 Å². The predicted octanol–water partition coefficient (Wildman–Crippen LogP) is 4.91. The highest BCUT2D eigenvalue weighted by molar-refractivity contribution is 8.27. The third kappa shape index (κ3) is 5.60. The molecule has 0 bridgehead atoms. The average Bonchev–Trinajstić information content (AvgIpc) is 3.37. The number of hydrazone groups is 1. The van der Waals surface area contributed by atoms with Crippen molar-refractivity contribution >= 4 is 39.8 Å². The molecule has 1 N–H and O–H groups in total. The molecule has 0 unspecified atom stereocenters. The fraction of sp³-hybridized carbons (Fsp3) is 0.179. The lowest BCUT2D eigenvalue weighted by Gasteiger charge is -2.20. The molecule has 0 fully saturated rings. The molecule has 10 heteroatoms. The molecule has 9 nitrogen and oxygen atoms in total. The first-order valence-electron chi connectivity index (χ1n) is 11.9. The summed E-state index contributed by atoms with van der Waals surface area (Å²) in [6, 6.07) is 16.9. The first kappa shape index (κ1) is 25.2. The van der Waals surface area contributed by atoms with Crippen LogP contribution in [0.25, 0.3) is 6.08 Å². The van der Waals surface area contributed by atoms with Crippen LogP contribution in [-0.4, -0.2) is 52.3 Å². The molecule has 0 saturated carbocycles. The van der Waals surface area contributed by atoms with E-state index in [0.29, 0.717) is 46.9 Å². The molecule has 2 aromatic carbocycles. The van der Waals surface area contributed by atoms with E-state index in [4.69, 9.17) is 19.6 Å². The number of rotatable bonds is 9. The highest BCUT2D eigenvalue weighted by Crippen LogP contribution is 2.32. The number of amidine groups is 2. The topological polar surface area (TPSA) is 109 Å². The second-order valence-corrected chi connectivity index (χ2v) is 9.40. The van der Waals surface area contributed by atoms with Gasteiger partial charge >= 0.3 is 0 Å². The number of hydrogen-bond acceptors (Lipinski definition) is 8. The maximum atomic E-state index is 12.8. The van der Waals surface area contributed by atoms with Crippen molar-refractivity contribution in [2.24, 2.45) is 10.1 Å². The Morgan fingerprint density at radius 3 is 2.63 bits per heavy atom. The maximum absolute atomic E-state index is 12.8. The molecule has 38 heavy (non-hydrogen) atoms. The monoisotopic (exact) mass is 527 g/mol. The van der Waals surface area contributed by atoms with Crippen molar-refractivity contribution in [1.82, 2.24) is 9.99 Å². The minimum atomic E-state index is -0.496. The molecule has 0 atom stereocenters. The minimum Gasteiger partial charge on any atom is -0.493 e. The van der Waals surface area contributed by atoms with Crippen molar-refractivity contribution in [2.75, 3.05) is 20.3 Å². The van der Waals surface area contributed by atoms with E-state index in [2.05, 4.69) is 15.1 Å². The number of carbonyl (C=O) groups excluding carboxylic acids is 1. The number of amides is 1. The van der Waals surface area contributed by atoms with Crippen LogP contribution in [0.5, 0.6) is 17.2 Å². The van der Waals surface area contributed by atoms with Crippen molar-refractivity contribution in [3.8, 4) is 17.2 Å². The summed E-state index contributed by atoms with van der Waals surface area (Å²) in [6.45, 7) is 3.02. The van der Waals surface area contributed by atoms with Crippen molar-refractivity contribution in [3.05, 3.63) is 89.3 Å². The number of ether oxygens (including phenoxy) is 3. The van der Waals surface area contributed by atoms with Gasteiger partial charge in [-0.1, -0.05) is 23.8 Å². The molecule has 3 heterocycles. The number of fused-ring (bicyclic) bond motifs is 1. The van der Waals surface area contributed by atoms with Crippen LogP contribution in [-0.2, 0) is 4.79 Å². The lowest BCUT2D eigenvalue weighted by Crippen LogP contribution is -2.35. The number of nitrogens with zero attached hydrogens (tertiary/aromatic N) is 4. The van der Waals surface area contributed by atoms with E-state index in [1.54, 1.807) is 49.8 Å². The Morgan fingerprint density at radius 2 is 1.87 bits per heavy atom. The molecular weight excluding hydrogens is 502 g/mol. The fourth-order valence-electron chi connectivity index (χ4n) is 3.72. The SMILES string of the molecule is COc1cc(/C=C2/C(=N)N3N=C(c4cccnc4)SC3=NC2=O)ccc1OCCCOc1ccc(C)cc1. The number of aromatic nitrogens is 1. The second kappa shape index (κ2) is 11.3. The summed E-state index contributed by atoms with van der Waals surface area (Å²) in [5.74, 6) is 1.39. The van der Waals surface area contributed by atoms with Gasteiger partial charge < -0.3 is 14.2 Å². The van der Waals surface area contributed by atoms with Gasteiger partial charge in [0.1, 0.15) is 10.8 Å². The first-order valence-corrected chi connectivity index (χ1v) is 12.7. The molecule has 1 amide bonds. The van der Waals surface area contributed by atoms with Gasteiger partial charge in [-0.2, -0.15) is 15.1 Å². The van der Waals surface area contributed by atoms with E-state index in [9.17, 15) is 4.79 Å². The van der Waals surface area contributed by atoms with Gasteiger partial charge in [0.25, 0.3) is 5.91 Å². The summed E-state index contributed by atoms with van der Waals surface area (Å²) in [6.07, 6.45) is 5.66. The Balaban J connectivity index is 1.24. The Labute approximate surface area is 224 Å². The summed E-state index contributed by atoms with van der Waals surface area (Å²) >= 11 is 1.23. The molecule has 0 saturated heterocycles. The smallest absolute Gasteiger partial charge is 0.283 e. The van der Waals surface area contributed by atoms with Gasteiger partial charge in [0.15, 0.2) is 17.3 Å². The van der Waals surface area contributed by atoms with Crippen molar-refractivity contribution in [3.63, 3.8) is 0 Å². The van der Waals surface area contributed by atoms with Crippen LogP contribution < -0.4 is 14.2 Å². The molecule has 0 spiro atoms. The Hall–Kier alpha value is -4.44. The van der Waals surface area contributed by atoms with E-state index in [1.165, 1.54) is 22.3 Å². The average molecular weight is 528 g/mol. The van der Waals surface area contributed by atoms with E-state index in [-0.39, 0.29) is 11.4 Å². The van der Waals surface area contributed by atoms with Crippen molar-refractivity contribution in [1.29, 1.82) is 5.41 Å². The standard InChI is InChI=1S/C28H25N5O4S/c1-18-6-9-21(10-7-18)36-13-4-14-37-23-11-8-19(16-24(23)35-2)15-22-25(29)33-28(31-26(22)34)38-27(32-33)20-5-3-12-30-17-20/h3,5-12,15-17,29H,4,13-14H2,1-2H3/b22-15-,29-25?. The van der Waals surface area contributed by atoms with E-state index >= 15 is 0 Å². The quantitative estimate of drug-likeness (QED) is 0.311. The van der Waals surface area contributed by atoms with Crippen LogP contribution in [0.15, 0.2) is 82.7 Å². The predicted molar refractivity (Wildman–Crippen MR) is 148 cm³/mol. The van der Waals surface area contributed by atoms with Crippen LogP contribution in [0.4, 0.5) is 0 Å². The molecule has 192 valence electrons. The summed E-state index contributed by atoms with van der Waals surface area (Å²) in [5, 5.41) is 15.4. The summed E-state index contributed by atoms with van der Waals surface area (Å²) in [4.78, 5) is 21.0. The normalized spacial score (nSPS) is 15.7. The number of aliphatic imine (C=N–C) groups is 1.